The summed E-state index contributed by atoms with van der Waals surface area (Å²) in [6.45, 7) is 16.6. The van der Waals surface area contributed by atoms with E-state index in [0.717, 1.165) is 10.6 Å². The second-order valence-corrected chi connectivity index (χ2v) is 12.6. The average Bonchev–Trinajstić information content (AvgIpc) is 2.30. The van der Waals surface area contributed by atoms with Crippen molar-refractivity contribution in [2.75, 3.05) is 0 Å². The molecule has 1 aromatic carbocycles. The highest BCUT2D eigenvalue weighted by molar-refractivity contribution is 6.77. The fraction of sp³-hybridized carbons (Fsp3) is 0.647. The van der Waals surface area contributed by atoms with E-state index < -0.39 is 8.32 Å². The molecule has 0 N–H and O–H groups in total. The van der Waals surface area contributed by atoms with Crippen LogP contribution < -0.4 is 0 Å². The minimum absolute atomic E-state index is 0.603. The Bertz CT molecular complexity index is 419. The van der Waals surface area contributed by atoms with Crippen LogP contribution in [0.2, 0.25) is 21.6 Å². The molecule has 0 saturated heterocycles. The van der Waals surface area contributed by atoms with Crippen LogP contribution in [0.4, 0.5) is 0 Å². The van der Waals surface area contributed by atoms with Crippen LogP contribution in [0, 0.1) is 6.92 Å². The molecule has 0 atom stereocenters. The Morgan fingerprint density at radius 3 is 1.90 bits per heavy atom. The van der Waals surface area contributed by atoms with Crippen LogP contribution in [-0.4, -0.2) is 8.32 Å². The Morgan fingerprint density at radius 2 is 1.50 bits per heavy atom. The van der Waals surface area contributed by atoms with E-state index in [4.69, 9.17) is 16.0 Å². The third-order valence-corrected chi connectivity index (χ3v) is 10.8. The van der Waals surface area contributed by atoms with Gasteiger partial charge in [0.05, 0.1) is 6.61 Å². The van der Waals surface area contributed by atoms with Gasteiger partial charge in [-0.3, -0.25) is 0 Å². The summed E-state index contributed by atoms with van der Waals surface area (Å²) in [6, 6.07) is 6.22. The third-order valence-electron chi connectivity index (χ3n) is 4.39. The van der Waals surface area contributed by atoms with Crippen molar-refractivity contribution in [2.45, 2.75) is 71.7 Å². The lowest BCUT2D eigenvalue weighted by molar-refractivity contribution is 0.266. The van der Waals surface area contributed by atoms with Crippen molar-refractivity contribution in [1.82, 2.24) is 0 Å². The van der Waals surface area contributed by atoms with E-state index in [0.29, 0.717) is 23.2 Å². The molecule has 0 unspecified atom stereocenters. The largest absolute Gasteiger partial charge is 0.412 e. The fourth-order valence-electron chi connectivity index (χ4n) is 3.47. The van der Waals surface area contributed by atoms with Gasteiger partial charge in [0.25, 0.3) is 0 Å². The molecule has 0 aliphatic carbocycles. The minimum atomic E-state index is -1.81. The minimum Gasteiger partial charge on any atom is -0.412 e. The first-order valence-electron chi connectivity index (χ1n) is 7.60. The Hall–Kier alpha value is -0.313. The van der Waals surface area contributed by atoms with Gasteiger partial charge in [0.1, 0.15) is 0 Å². The third kappa shape index (κ3) is 3.66. The molecule has 0 fully saturated rings. The lowest BCUT2D eigenvalue weighted by atomic mass is 10.2. The van der Waals surface area contributed by atoms with Crippen LogP contribution in [0.3, 0.4) is 0 Å². The van der Waals surface area contributed by atoms with Crippen molar-refractivity contribution in [3.63, 3.8) is 0 Å². The Balaban J connectivity index is 2.97. The monoisotopic (exact) mass is 312 g/mol. The zero-order chi connectivity index (χ0) is 15.5. The number of rotatable bonds is 6. The van der Waals surface area contributed by atoms with Crippen LogP contribution in [0.25, 0.3) is 0 Å². The zero-order valence-electron chi connectivity index (χ0n) is 14.0. The maximum Gasteiger partial charge on any atom is 0.200 e. The predicted octanol–water partition coefficient (Wildman–Crippen LogP) is 6.34. The van der Waals surface area contributed by atoms with E-state index in [9.17, 15) is 0 Å². The van der Waals surface area contributed by atoms with Gasteiger partial charge in [-0.15, -0.1) is 0 Å². The summed E-state index contributed by atoms with van der Waals surface area (Å²) in [6.07, 6.45) is 0. The molecular weight excluding hydrogens is 284 g/mol. The van der Waals surface area contributed by atoms with Gasteiger partial charge in [-0.25, -0.2) is 0 Å². The standard InChI is InChI=1S/C17H29ClOSi/c1-12(2)20(13(3)4,14(5)6)19-11-16-9-8-15(7)10-17(16)18/h8-10,12-14H,11H2,1-7H3. The molecule has 0 amide bonds. The summed E-state index contributed by atoms with van der Waals surface area (Å²) in [5, 5.41) is 0.823. The van der Waals surface area contributed by atoms with Crippen molar-refractivity contribution in [1.29, 1.82) is 0 Å². The summed E-state index contributed by atoms with van der Waals surface area (Å²) in [5.41, 5.74) is 4.11. The smallest absolute Gasteiger partial charge is 0.200 e. The molecule has 0 spiro atoms. The molecule has 114 valence electrons. The first kappa shape index (κ1) is 17.7. The van der Waals surface area contributed by atoms with Crippen molar-refractivity contribution in [2.24, 2.45) is 0 Å². The van der Waals surface area contributed by atoms with Gasteiger partial charge in [-0.05, 0) is 40.7 Å². The first-order valence-corrected chi connectivity index (χ1v) is 10.1. The topological polar surface area (TPSA) is 9.23 Å². The first-order chi connectivity index (χ1) is 9.21. The molecule has 3 heteroatoms. The van der Waals surface area contributed by atoms with Crippen molar-refractivity contribution < 1.29 is 4.43 Å². The van der Waals surface area contributed by atoms with E-state index in [1.54, 1.807) is 0 Å². The Kier molecular flexibility index (Phi) is 6.30. The summed E-state index contributed by atoms with van der Waals surface area (Å²) in [5.74, 6) is 0. The lowest BCUT2D eigenvalue weighted by Gasteiger charge is -2.42. The molecule has 0 aromatic heterocycles. The highest BCUT2D eigenvalue weighted by Crippen LogP contribution is 2.43. The van der Waals surface area contributed by atoms with E-state index in [2.05, 4.69) is 60.6 Å². The molecule has 0 bridgehead atoms. The predicted molar refractivity (Wildman–Crippen MR) is 92.0 cm³/mol. The highest BCUT2D eigenvalue weighted by atomic mass is 35.5. The Labute approximate surface area is 130 Å². The summed E-state index contributed by atoms with van der Waals surface area (Å²) < 4.78 is 6.58. The van der Waals surface area contributed by atoms with Crippen LogP contribution in [0.15, 0.2) is 18.2 Å². The highest BCUT2D eigenvalue weighted by Gasteiger charge is 2.44. The molecule has 0 heterocycles. The van der Waals surface area contributed by atoms with Crippen LogP contribution >= 0.6 is 11.6 Å². The second-order valence-electron chi connectivity index (χ2n) is 6.70. The molecule has 0 aliphatic rings. The van der Waals surface area contributed by atoms with Crippen molar-refractivity contribution in [3.8, 4) is 0 Å². The number of benzene rings is 1. The van der Waals surface area contributed by atoms with E-state index in [1.165, 1.54) is 5.56 Å². The number of aryl methyl sites for hydroxylation is 1. The quantitative estimate of drug-likeness (QED) is 0.557. The van der Waals surface area contributed by atoms with Crippen LogP contribution in [-0.2, 0) is 11.0 Å². The van der Waals surface area contributed by atoms with Gasteiger partial charge >= 0.3 is 0 Å². The molecule has 0 aliphatic heterocycles. The molecule has 0 radical (unpaired) electrons. The number of halogens is 1. The molecular formula is C17H29ClOSi. The van der Waals surface area contributed by atoms with Gasteiger partial charge in [0.2, 0.25) is 8.32 Å². The fourth-order valence-corrected chi connectivity index (χ4v) is 9.17. The molecule has 1 nitrogen and oxygen atoms in total. The van der Waals surface area contributed by atoms with Crippen molar-refractivity contribution in [3.05, 3.63) is 34.3 Å². The SMILES string of the molecule is Cc1ccc(CO[Si](C(C)C)(C(C)C)C(C)C)c(Cl)c1. The zero-order valence-corrected chi connectivity index (χ0v) is 15.7. The van der Waals surface area contributed by atoms with Crippen molar-refractivity contribution >= 4 is 19.9 Å². The summed E-state index contributed by atoms with van der Waals surface area (Å²) >= 11 is 6.33. The van der Waals surface area contributed by atoms with Gasteiger partial charge in [0.15, 0.2) is 0 Å². The molecule has 0 saturated carbocycles. The molecule has 20 heavy (non-hydrogen) atoms. The maximum absolute atomic E-state index is 6.58. The number of hydrogen-bond donors (Lipinski definition) is 0. The van der Waals surface area contributed by atoms with Crippen LogP contribution in [0.1, 0.15) is 52.7 Å². The summed E-state index contributed by atoms with van der Waals surface area (Å²) in [7, 11) is -1.81. The molecule has 1 aromatic rings. The van der Waals surface area contributed by atoms with Gasteiger partial charge < -0.3 is 4.43 Å². The summed E-state index contributed by atoms with van der Waals surface area (Å²) in [4.78, 5) is 0. The van der Waals surface area contributed by atoms with Gasteiger partial charge in [-0.1, -0.05) is 65.3 Å². The van der Waals surface area contributed by atoms with Gasteiger partial charge in [-0.2, -0.15) is 0 Å². The molecule has 1 rings (SSSR count). The normalized spacial score (nSPS) is 12.8. The van der Waals surface area contributed by atoms with E-state index in [1.807, 2.05) is 6.07 Å². The second kappa shape index (κ2) is 7.10. The average molecular weight is 313 g/mol. The maximum atomic E-state index is 6.58. The Morgan fingerprint density at radius 1 is 1.00 bits per heavy atom. The lowest BCUT2D eigenvalue weighted by Crippen LogP contribution is -2.47. The van der Waals surface area contributed by atoms with Crippen LogP contribution in [0.5, 0.6) is 0 Å². The van der Waals surface area contributed by atoms with E-state index in [-0.39, 0.29) is 0 Å². The number of hydrogen-bond acceptors (Lipinski definition) is 1. The van der Waals surface area contributed by atoms with Gasteiger partial charge in [0, 0.05) is 5.02 Å². The van der Waals surface area contributed by atoms with E-state index >= 15 is 0 Å².